The summed E-state index contributed by atoms with van der Waals surface area (Å²) in [5, 5.41) is 0. The van der Waals surface area contributed by atoms with Gasteiger partial charge in [0.15, 0.2) is 0 Å². The molecule has 3 nitrogen and oxygen atoms in total. The van der Waals surface area contributed by atoms with E-state index in [9.17, 15) is 9.59 Å². The Labute approximate surface area is 73.8 Å². The van der Waals surface area contributed by atoms with Crippen molar-refractivity contribution in [3.8, 4) is 0 Å². The summed E-state index contributed by atoms with van der Waals surface area (Å²) >= 11 is 0. The predicted molar refractivity (Wildman–Crippen MR) is 45.7 cm³/mol. The molecule has 0 aliphatic carbocycles. The van der Waals surface area contributed by atoms with Crippen LogP contribution in [0.5, 0.6) is 0 Å². The molecule has 0 fully saturated rings. The zero-order valence-corrected chi connectivity index (χ0v) is 7.59. The monoisotopic (exact) mass is 171 g/mol. The summed E-state index contributed by atoms with van der Waals surface area (Å²) in [6.45, 7) is 5.30. The van der Waals surface area contributed by atoms with Gasteiger partial charge in [0.2, 0.25) is 0 Å². The SMILES string of the molecule is [2H]C(=O)/C=C\CC(=O)OC(C)(C)C. The van der Waals surface area contributed by atoms with Gasteiger partial charge in [-0.25, -0.2) is 0 Å². The van der Waals surface area contributed by atoms with E-state index in [1.165, 1.54) is 6.08 Å². The Morgan fingerprint density at radius 3 is 2.58 bits per heavy atom. The van der Waals surface area contributed by atoms with Crippen LogP contribution < -0.4 is 0 Å². The number of hydrogen-bond donors (Lipinski definition) is 0. The van der Waals surface area contributed by atoms with Gasteiger partial charge in [-0.15, -0.1) is 0 Å². The Balaban J connectivity index is 3.83. The molecule has 3 heteroatoms. The smallest absolute Gasteiger partial charge is 0.310 e. The second kappa shape index (κ2) is 4.70. The van der Waals surface area contributed by atoms with Crippen molar-refractivity contribution in [2.24, 2.45) is 0 Å². The summed E-state index contributed by atoms with van der Waals surface area (Å²) in [6.07, 6.45) is 1.57. The Morgan fingerprint density at radius 2 is 2.17 bits per heavy atom. The van der Waals surface area contributed by atoms with Gasteiger partial charge >= 0.3 is 5.97 Å². The Kier molecular flexibility index (Phi) is 3.51. The van der Waals surface area contributed by atoms with Crippen LogP contribution in [-0.4, -0.2) is 17.8 Å². The Bertz CT molecular complexity index is 226. The quantitative estimate of drug-likeness (QED) is 0.367. The van der Waals surface area contributed by atoms with Gasteiger partial charge in [0, 0.05) is 0 Å². The van der Waals surface area contributed by atoms with Gasteiger partial charge in [-0.05, 0) is 26.8 Å². The van der Waals surface area contributed by atoms with E-state index in [1.54, 1.807) is 20.8 Å². The first-order chi connectivity index (χ1) is 5.81. The molecule has 0 aliphatic rings. The van der Waals surface area contributed by atoms with Gasteiger partial charge in [-0.3, -0.25) is 9.59 Å². The van der Waals surface area contributed by atoms with Gasteiger partial charge in [0.05, 0.1) is 6.42 Å². The zero-order chi connectivity index (χ0) is 10.5. The van der Waals surface area contributed by atoms with Crippen LogP contribution >= 0.6 is 0 Å². The lowest BCUT2D eigenvalue weighted by atomic mass is 10.2. The molecule has 68 valence electrons. The Hall–Kier alpha value is -1.12. The third kappa shape index (κ3) is 6.99. The van der Waals surface area contributed by atoms with Crippen LogP contribution in [-0.2, 0) is 14.3 Å². The highest BCUT2D eigenvalue weighted by Gasteiger charge is 2.14. The van der Waals surface area contributed by atoms with Crippen LogP contribution in [0.2, 0.25) is 0 Å². The molecule has 0 aliphatic heterocycles. The molecular weight excluding hydrogens is 156 g/mol. The number of allylic oxidation sites excluding steroid dienone is 1. The maximum atomic E-state index is 11.0. The Morgan fingerprint density at radius 1 is 1.58 bits per heavy atom. The molecule has 0 aromatic heterocycles. The zero-order valence-electron chi connectivity index (χ0n) is 8.59. The molecule has 0 aromatic rings. The second-order valence-electron chi connectivity index (χ2n) is 3.31. The molecule has 0 saturated heterocycles. The lowest BCUT2D eigenvalue weighted by Gasteiger charge is -2.18. The normalized spacial score (nSPS) is 12.8. The molecule has 0 saturated carbocycles. The third-order valence-corrected chi connectivity index (χ3v) is 0.890. The molecule has 0 atom stereocenters. The van der Waals surface area contributed by atoms with Gasteiger partial charge in [-0.1, -0.05) is 6.08 Å². The van der Waals surface area contributed by atoms with E-state index in [2.05, 4.69) is 0 Å². The van der Waals surface area contributed by atoms with Crippen molar-refractivity contribution in [2.45, 2.75) is 32.8 Å². The third-order valence-electron chi connectivity index (χ3n) is 0.890. The van der Waals surface area contributed by atoms with Crippen molar-refractivity contribution >= 4 is 12.2 Å². The molecule has 0 rings (SSSR count). The first-order valence-corrected chi connectivity index (χ1v) is 3.70. The summed E-state index contributed by atoms with van der Waals surface area (Å²) in [5.74, 6) is -0.398. The summed E-state index contributed by atoms with van der Waals surface area (Å²) < 4.78 is 11.5. The largest absolute Gasteiger partial charge is 0.460 e. The highest BCUT2D eigenvalue weighted by Crippen LogP contribution is 2.07. The standard InChI is InChI=1S/C9H14O3/c1-9(2,3)12-8(11)6-4-5-7-10/h4-5,7H,6H2,1-3H3/b5-4-/i7D. The highest BCUT2D eigenvalue weighted by molar-refractivity contribution is 5.73. The van der Waals surface area contributed by atoms with E-state index in [-0.39, 0.29) is 6.42 Å². The predicted octanol–water partition coefficient (Wildman–Crippen LogP) is 1.47. The van der Waals surface area contributed by atoms with Crippen LogP contribution in [0.4, 0.5) is 0 Å². The molecule has 0 aromatic carbocycles. The molecule has 0 bridgehead atoms. The van der Waals surface area contributed by atoms with Gasteiger partial charge < -0.3 is 4.74 Å². The van der Waals surface area contributed by atoms with Gasteiger partial charge in [0.1, 0.15) is 13.2 Å². The average molecular weight is 171 g/mol. The molecule has 0 spiro atoms. The minimum atomic E-state index is -0.816. The molecule has 0 N–H and O–H groups in total. The lowest BCUT2D eigenvalue weighted by Crippen LogP contribution is -2.23. The van der Waals surface area contributed by atoms with Gasteiger partial charge in [0.25, 0.3) is 0 Å². The molecule has 0 unspecified atom stereocenters. The van der Waals surface area contributed by atoms with Crippen LogP contribution in [0, 0.1) is 0 Å². The maximum absolute atomic E-state index is 11.0. The minimum absolute atomic E-state index is 0.0297. The average Bonchev–Trinajstić information content (AvgIpc) is 1.81. The van der Waals surface area contributed by atoms with Crippen molar-refractivity contribution in [3.63, 3.8) is 0 Å². The number of aldehydes is 1. The number of esters is 1. The van der Waals surface area contributed by atoms with Crippen LogP contribution in [0.15, 0.2) is 12.2 Å². The number of ether oxygens (including phenoxy) is 1. The molecule has 0 amide bonds. The summed E-state index contributed by atoms with van der Waals surface area (Å²) in [7, 11) is 0. The van der Waals surface area contributed by atoms with E-state index in [4.69, 9.17) is 6.11 Å². The van der Waals surface area contributed by atoms with E-state index >= 15 is 0 Å². The summed E-state index contributed by atoms with van der Waals surface area (Å²) in [5.41, 5.74) is -0.504. The molecule has 0 radical (unpaired) electrons. The minimum Gasteiger partial charge on any atom is -0.460 e. The second-order valence-corrected chi connectivity index (χ2v) is 3.31. The van der Waals surface area contributed by atoms with E-state index in [1.807, 2.05) is 0 Å². The molecule has 0 heterocycles. The van der Waals surface area contributed by atoms with Crippen molar-refractivity contribution in [2.75, 3.05) is 0 Å². The van der Waals surface area contributed by atoms with E-state index < -0.39 is 17.8 Å². The van der Waals surface area contributed by atoms with Crippen molar-refractivity contribution < 1.29 is 15.7 Å². The lowest BCUT2D eigenvalue weighted by molar-refractivity contribution is -0.153. The first kappa shape index (κ1) is 8.97. The summed E-state index contributed by atoms with van der Waals surface area (Å²) in [4.78, 5) is 21.1. The number of carbonyl (C=O) groups is 2. The van der Waals surface area contributed by atoms with Crippen LogP contribution in [0.3, 0.4) is 0 Å². The molecule has 12 heavy (non-hydrogen) atoms. The highest BCUT2D eigenvalue weighted by atomic mass is 16.6. The van der Waals surface area contributed by atoms with Crippen molar-refractivity contribution in [1.82, 2.24) is 0 Å². The van der Waals surface area contributed by atoms with Gasteiger partial charge in [-0.2, -0.15) is 0 Å². The van der Waals surface area contributed by atoms with E-state index in [0.717, 1.165) is 6.08 Å². The topological polar surface area (TPSA) is 43.4 Å². The number of rotatable bonds is 3. The van der Waals surface area contributed by atoms with Crippen molar-refractivity contribution in [1.29, 1.82) is 0 Å². The fourth-order valence-electron chi connectivity index (χ4n) is 0.586. The maximum Gasteiger partial charge on any atom is 0.310 e. The first-order valence-electron chi connectivity index (χ1n) is 4.20. The number of hydrogen-bond acceptors (Lipinski definition) is 3. The van der Waals surface area contributed by atoms with Crippen LogP contribution in [0.25, 0.3) is 0 Å². The van der Waals surface area contributed by atoms with Crippen molar-refractivity contribution in [3.05, 3.63) is 12.2 Å². The number of carbonyl (C=O) groups excluding carboxylic acids is 2. The van der Waals surface area contributed by atoms with E-state index in [0.29, 0.717) is 0 Å². The van der Waals surface area contributed by atoms with Crippen LogP contribution in [0.1, 0.15) is 28.6 Å². The summed E-state index contributed by atoms with van der Waals surface area (Å²) in [6, 6.07) is 0. The molecular formula is C9H14O3. The fourth-order valence-corrected chi connectivity index (χ4v) is 0.586. The fraction of sp³-hybridized carbons (Fsp3) is 0.556.